The molecule has 2 nitrogen and oxygen atoms in total. The van der Waals surface area contributed by atoms with Crippen LogP contribution in [0.1, 0.15) is 10.4 Å². The van der Waals surface area contributed by atoms with Gasteiger partial charge < -0.3 is 4.74 Å². The Kier molecular flexibility index (Phi) is 3.27. The van der Waals surface area contributed by atoms with Gasteiger partial charge in [-0.2, -0.15) is 0 Å². The Morgan fingerprint density at radius 2 is 2.19 bits per heavy atom. The highest BCUT2D eigenvalue weighted by atomic mass is 35.5. The summed E-state index contributed by atoms with van der Waals surface area (Å²) in [6.45, 7) is 0. The van der Waals surface area contributed by atoms with Crippen LogP contribution in [0.25, 0.3) is 10.4 Å². The van der Waals surface area contributed by atoms with Crippen LogP contribution in [0, 0.1) is 0 Å². The van der Waals surface area contributed by atoms with Crippen molar-refractivity contribution in [3.05, 3.63) is 46.3 Å². The van der Waals surface area contributed by atoms with Crippen molar-refractivity contribution in [2.45, 2.75) is 0 Å². The highest BCUT2D eigenvalue weighted by Gasteiger charge is 2.09. The second-order valence-electron chi connectivity index (χ2n) is 3.17. The third-order valence-corrected chi connectivity index (χ3v) is 3.55. The zero-order valence-electron chi connectivity index (χ0n) is 8.57. The van der Waals surface area contributed by atoms with Crippen LogP contribution in [0.5, 0.6) is 0 Å². The molecule has 0 bridgehead atoms. The van der Waals surface area contributed by atoms with Crippen molar-refractivity contribution >= 4 is 28.9 Å². The molecule has 0 aliphatic rings. The lowest BCUT2D eigenvalue weighted by Crippen LogP contribution is -2.00. The molecule has 0 saturated carbocycles. The lowest BCUT2D eigenvalue weighted by atomic mass is 10.1. The molecule has 0 atom stereocenters. The minimum atomic E-state index is -0.338. The van der Waals surface area contributed by atoms with E-state index in [2.05, 4.69) is 4.74 Å². The molecule has 16 heavy (non-hydrogen) atoms. The summed E-state index contributed by atoms with van der Waals surface area (Å²) in [6.07, 6.45) is 0. The minimum absolute atomic E-state index is 0.338. The Morgan fingerprint density at radius 1 is 1.38 bits per heavy atom. The molecule has 1 aromatic heterocycles. The third-order valence-electron chi connectivity index (χ3n) is 2.16. The largest absolute Gasteiger partial charge is 0.465 e. The van der Waals surface area contributed by atoms with Crippen molar-refractivity contribution < 1.29 is 9.53 Å². The summed E-state index contributed by atoms with van der Waals surface area (Å²) < 4.78 is 4.67. The maximum atomic E-state index is 11.4. The molecule has 0 spiro atoms. The molecule has 2 rings (SSSR count). The highest BCUT2D eigenvalue weighted by molar-refractivity contribution is 7.14. The Hall–Kier alpha value is -1.32. The van der Waals surface area contributed by atoms with Crippen molar-refractivity contribution in [2.75, 3.05) is 7.11 Å². The van der Waals surface area contributed by atoms with E-state index in [0.717, 1.165) is 10.4 Å². The van der Waals surface area contributed by atoms with E-state index in [1.165, 1.54) is 7.11 Å². The molecule has 1 aromatic carbocycles. The highest BCUT2D eigenvalue weighted by Crippen LogP contribution is 2.33. The first-order valence-electron chi connectivity index (χ1n) is 4.64. The average molecular weight is 253 g/mol. The molecular formula is C12H9ClO2S. The first kappa shape index (κ1) is 11.2. The predicted molar refractivity (Wildman–Crippen MR) is 66.1 cm³/mol. The molecule has 0 aliphatic heterocycles. The first-order chi connectivity index (χ1) is 7.72. The second-order valence-corrected chi connectivity index (χ2v) is 4.49. The van der Waals surface area contributed by atoms with E-state index in [-0.39, 0.29) is 5.97 Å². The van der Waals surface area contributed by atoms with Crippen molar-refractivity contribution in [1.82, 2.24) is 0 Å². The van der Waals surface area contributed by atoms with Crippen LogP contribution in [0.15, 0.2) is 35.7 Å². The number of ether oxygens (including phenoxy) is 1. The van der Waals surface area contributed by atoms with Crippen LogP contribution < -0.4 is 0 Å². The fourth-order valence-corrected chi connectivity index (χ4v) is 2.57. The monoisotopic (exact) mass is 252 g/mol. The number of benzene rings is 1. The number of halogens is 1. The fraction of sp³-hybridized carbons (Fsp3) is 0.0833. The Bertz CT molecular complexity index is 519. The van der Waals surface area contributed by atoms with Gasteiger partial charge in [-0.1, -0.05) is 23.7 Å². The quantitative estimate of drug-likeness (QED) is 0.759. The molecule has 0 unspecified atom stereocenters. The summed E-state index contributed by atoms with van der Waals surface area (Å²) in [6, 6.07) is 9.08. The molecule has 1 heterocycles. The molecule has 4 heteroatoms. The van der Waals surface area contributed by atoms with Gasteiger partial charge >= 0.3 is 5.97 Å². The van der Waals surface area contributed by atoms with Gasteiger partial charge in [-0.25, -0.2) is 4.79 Å². The van der Waals surface area contributed by atoms with Gasteiger partial charge in [0.25, 0.3) is 0 Å². The van der Waals surface area contributed by atoms with E-state index < -0.39 is 0 Å². The van der Waals surface area contributed by atoms with Crippen LogP contribution in [-0.4, -0.2) is 13.1 Å². The van der Waals surface area contributed by atoms with E-state index in [9.17, 15) is 4.79 Å². The van der Waals surface area contributed by atoms with E-state index >= 15 is 0 Å². The van der Waals surface area contributed by atoms with Crippen LogP contribution in [0.2, 0.25) is 5.02 Å². The minimum Gasteiger partial charge on any atom is -0.465 e. The molecular weight excluding hydrogens is 244 g/mol. The lowest BCUT2D eigenvalue weighted by molar-refractivity contribution is 0.0601. The molecule has 0 amide bonds. The molecule has 82 valence electrons. The Morgan fingerprint density at radius 3 is 2.81 bits per heavy atom. The van der Waals surface area contributed by atoms with E-state index in [1.54, 1.807) is 23.5 Å². The number of hydrogen-bond donors (Lipinski definition) is 0. The second kappa shape index (κ2) is 4.68. The molecule has 2 aromatic rings. The Labute approximate surface area is 102 Å². The van der Waals surface area contributed by atoms with Crippen LogP contribution in [-0.2, 0) is 4.74 Å². The normalized spacial score (nSPS) is 10.1. The van der Waals surface area contributed by atoms with Gasteiger partial charge in [0.1, 0.15) is 0 Å². The first-order valence-corrected chi connectivity index (χ1v) is 5.90. The van der Waals surface area contributed by atoms with Crippen molar-refractivity contribution in [1.29, 1.82) is 0 Å². The van der Waals surface area contributed by atoms with Crippen molar-refractivity contribution in [3.63, 3.8) is 0 Å². The number of hydrogen-bond acceptors (Lipinski definition) is 3. The van der Waals surface area contributed by atoms with Crippen LogP contribution in [0.4, 0.5) is 0 Å². The smallest absolute Gasteiger partial charge is 0.337 e. The number of esters is 1. The summed E-state index contributed by atoms with van der Waals surface area (Å²) in [7, 11) is 1.37. The molecule has 0 aliphatic carbocycles. The molecule has 0 N–H and O–H groups in total. The summed E-state index contributed by atoms with van der Waals surface area (Å²) in [5.74, 6) is -0.338. The zero-order valence-corrected chi connectivity index (χ0v) is 10.1. The average Bonchev–Trinajstić information content (AvgIpc) is 2.74. The van der Waals surface area contributed by atoms with Crippen molar-refractivity contribution in [3.8, 4) is 10.4 Å². The van der Waals surface area contributed by atoms with E-state index in [1.807, 2.05) is 23.6 Å². The SMILES string of the molecule is COC(=O)c1cccc(-c2sccc2Cl)c1. The van der Waals surface area contributed by atoms with E-state index in [4.69, 9.17) is 11.6 Å². The van der Waals surface area contributed by atoms with Gasteiger partial charge in [0.15, 0.2) is 0 Å². The van der Waals surface area contributed by atoms with Gasteiger partial charge in [-0.3, -0.25) is 0 Å². The van der Waals surface area contributed by atoms with Gasteiger partial charge in [-0.15, -0.1) is 11.3 Å². The third kappa shape index (κ3) is 2.10. The summed E-state index contributed by atoms with van der Waals surface area (Å²) in [4.78, 5) is 12.3. The number of carbonyl (C=O) groups excluding carboxylic acids is 1. The molecule has 0 saturated heterocycles. The van der Waals surface area contributed by atoms with Gasteiger partial charge in [-0.05, 0) is 29.1 Å². The van der Waals surface area contributed by atoms with Crippen LogP contribution in [0.3, 0.4) is 0 Å². The zero-order chi connectivity index (χ0) is 11.5. The predicted octanol–water partition coefficient (Wildman–Crippen LogP) is 3.86. The van der Waals surface area contributed by atoms with Gasteiger partial charge in [0, 0.05) is 0 Å². The van der Waals surface area contributed by atoms with Crippen LogP contribution >= 0.6 is 22.9 Å². The lowest BCUT2D eigenvalue weighted by Gasteiger charge is -2.02. The van der Waals surface area contributed by atoms with E-state index in [0.29, 0.717) is 10.6 Å². The van der Waals surface area contributed by atoms with Gasteiger partial charge in [0.05, 0.1) is 22.6 Å². The topological polar surface area (TPSA) is 26.3 Å². The fourth-order valence-electron chi connectivity index (χ4n) is 1.40. The number of thiophene rings is 1. The number of rotatable bonds is 2. The maximum Gasteiger partial charge on any atom is 0.337 e. The Balaban J connectivity index is 2.44. The number of methoxy groups -OCH3 is 1. The summed E-state index contributed by atoms with van der Waals surface area (Å²) >= 11 is 7.58. The number of carbonyl (C=O) groups is 1. The van der Waals surface area contributed by atoms with Gasteiger partial charge in [0.2, 0.25) is 0 Å². The molecule has 0 radical (unpaired) electrons. The maximum absolute atomic E-state index is 11.4. The summed E-state index contributed by atoms with van der Waals surface area (Å²) in [5.41, 5.74) is 1.47. The molecule has 0 fully saturated rings. The van der Waals surface area contributed by atoms with Crippen molar-refractivity contribution in [2.24, 2.45) is 0 Å². The summed E-state index contributed by atoms with van der Waals surface area (Å²) in [5, 5.41) is 2.62. The standard InChI is InChI=1S/C12H9ClO2S/c1-15-12(14)9-4-2-3-8(7-9)11-10(13)5-6-16-11/h2-7H,1H3.